The van der Waals surface area contributed by atoms with Crippen molar-refractivity contribution in [3.05, 3.63) is 83.4 Å². The number of aryl methyl sites for hydroxylation is 1. The third-order valence-electron chi connectivity index (χ3n) is 5.60. The molecule has 3 atom stereocenters. The Kier molecular flexibility index (Phi) is 6.25. The second kappa shape index (κ2) is 8.64. The number of piperazine rings is 1. The van der Waals surface area contributed by atoms with Gasteiger partial charge in [-0.15, -0.1) is 6.58 Å². The summed E-state index contributed by atoms with van der Waals surface area (Å²) in [5.41, 5.74) is 4.54. The lowest BCUT2D eigenvalue weighted by Gasteiger charge is -2.47. The van der Waals surface area contributed by atoms with Crippen molar-refractivity contribution in [1.29, 1.82) is 0 Å². The van der Waals surface area contributed by atoms with E-state index >= 15 is 0 Å². The van der Waals surface area contributed by atoms with Crippen LogP contribution in [0, 0.1) is 6.92 Å². The molecule has 0 amide bonds. The lowest BCUT2D eigenvalue weighted by Crippen LogP contribution is -2.57. The van der Waals surface area contributed by atoms with Crippen LogP contribution in [0.2, 0.25) is 0 Å². The summed E-state index contributed by atoms with van der Waals surface area (Å²) in [7, 11) is 0. The average Bonchev–Trinajstić information content (AvgIpc) is 2.66. The summed E-state index contributed by atoms with van der Waals surface area (Å²) in [5.74, 6) is 0. The highest BCUT2D eigenvalue weighted by atomic mass is 16.1. The molecule has 1 saturated heterocycles. The van der Waals surface area contributed by atoms with E-state index < -0.39 is 0 Å². The van der Waals surface area contributed by atoms with E-state index in [0.717, 1.165) is 31.5 Å². The van der Waals surface area contributed by atoms with E-state index in [9.17, 15) is 4.79 Å². The van der Waals surface area contributed by atoms with Crippen LogP contribution in [0.25, 0.3) is 0 Å². The van der Waals surface area contributed by atoms with Crippen LogP contribution >= 0.6 is 0 Å². The summed E-state index contributed by atoms with van der Waals surface area (Å²) in [4.78, 5) is 16.2. The predicted octanol–water partition coefficient (Wildman–Crippen LogP) is 4.48. The summed E-state index contributed by atoms with van der Waals surface area (Å²) < 4.78 is 0. The van der Waals surface area contributed by atoms with Crippen molar-refractivity contribution in [2.24, 2.45) is 0 Å². The van der Waals surface area contributed by atoms with Gasteiger partial charge in [-0.3, -0.25) is 14.6 Å². The minimum atomic E-state index is 0.189. The molecule has 3 rings (SSSR count). The van der Waals surface area contributed by atoms with Gasteiger partial charge >= 0.3 is 0 Å². The summed E-state index contributed by atoms with van der Waals surface area (Å²) in [6, 6.07) is 17.9. The smallest absolute Gasteiger partial charge is 0.150 e. The maximum absolute atomic E-state index is 11.1. The molecule has 3 nitrogen and oxygen atoms in total. The van der Waals surface area contributed by atoms with E-state index in [0.29, 0.717) is 12.1 Å². The fraction of sp³-hybridized carbons (Fsp3) is 0.375. The number of nitrogens with zero attached hydrogens (tertiary/aromatic N) is 2. The van der Waals surface area contributed by atoms with Crippen LogP contribution in [0.3, 0.4) is 0 Å². The molecule has 1 aliphatic heterocycles. The van der Waals surface area contributed by atoms with Crippen LogP contribution in [-0.2, 0) is 0 Å². The summed E-state index contributed by atoms with van der Waals surface area (Å²) >= 11 is 0. The topological polar surface area (TPSA) is 23.6 Å². The Bertz CT molecular complexity index is 783. The van der Waals surface area contributed by atoms with Gasteiger partial charge in [0.25, 0.3) is 0 Å². The number of aldehydes is 1. The minimum Gasteiger partial charge on any atom is -0.298 e. The minimum absolute atomic E-state index is 0.189. The molecule has 27 heavy (non-hydrogen) atoms. The molecule has 1 aliphatic rings. The van der Waals surface area contributed by atoms with Crippen LogP contribution in [0.1, 0.15) is 46.9 Å². The molecule has 0 bridgehead atoms. The van der Waals surface area contributed by atoms with Gasteiger partial charge in [0.2, 0.25) is 0 Å². The molecule has 0 aliphatic carbocycles. The molecule has 0 aromatic heterocycles. The van der Waals surface area contributed by atoms with Crippen LogP contribution in [0.4, 0.5) is 0 Å². The van der Waals surface area contributed by atoms with Crippen LogP contribution in [-0.4, -0.2) is 47.8 Å². The van der Waals surface area contributed by atoms with Gasteiger partial charge in [-0.1, -0.05) is 60.2 Å². The van der Waals surface area contributed by atoms with Crippen LogP contribution < -0.4 is 0 Å². The zero-order chi connectivity index (χ0) is 19.4. The predicted molar refractivity (Wildman–Crippen MR) is 112 cm³/mol. The molecule has 2 aromatic rings. The molecule has 0 N–H and O–H groups in total. The zero-order valence-electron chi connectivity index (χ0n) is 16.6. The van der Waals surface area contributed by atoms with Gasteiger partial charge in [0.1, 0.15) is 6.29 Å². The molecule has 1 fully saturated rings. The van der Waals surface area contributed by atoms with Gasteiger partial charge in [-0.25, -0.2) is 0 Å². The number of carbonyl (C=O) groups excluding carboxylic acids is 1. The molecule has 0 radical (unpaired) electrons. The standard InChI is InChI=1S/C24H30N2O/c1-5-13-25-15-20(4)26(16-19(25)3)24(23-8-6-7-18(2)14-23)22-11-9-21(17-27)10-12-22/h5-12,14,17,19-20,24H,1,13,15-16H2,2-4H3/t19?,20-,24?/m0/s1. The quantitative estimate of drug-likeness (QED) is 0.559. The van der Waals surface area contributed by atoms with E-state index in [1.165, 1.54) is 16.7 Å². The first-order chi connectivity index (χ1) is 13.0. The van der Waals surface area contributed by atoms with Crippen molar-refractivity contribution in [2.45, 2.75) is 38.9 Å². The lowest BCUT2D eigenvalue weighted by molar-refractivity contribution is 0.0306. The fourth-order valence-electron chi connectivity index (χ4n) is 4.18. The maximum Gasteiger partial charge on any atom is 0.150 e. The third kappa shape index (κ3) is 4.37. The van der Waals surface area contributed by atoms with Crippen LogP contribution in [0.15, 0.2) is 61.2 Å². The van der Waals surface area contributed by atoms with Gasteiger partial charge < -0.3 is 0 Å². The van der Waals surface area contributed by atoms with E-state index in [4.69, 9.17) is 0 Å². The first-order valence-electron chi connectivity index (χ1n) is 9.76. The van der Waals surface area contributed by atoms with Gasteiger partial charge in [0.15, 0.2) is 0 Å². The van der Waals surface area contributed by atoms with E-state index in [1.54, 1.807) is 0 Å². The molecular weight excluding hydrogens is 332 g/mol. The van der Waals surface area contributed by atoms with Crippen LogP contribution in [0.5, 0.6) is 0 Å². The van der Waals surface area contributed by atoms with Crippen molar-refractivity contribution in [1.82, 2.24) is 9.80 Å². The van der Waals surface area contributed by atoms with Gasteiger partial charge in [-0.05, 0) is 31.9 Å². The number of hydrogen-bond acceptors (Lipinski definition) is 3. The fourth-order valence-corrected chi connectivity index (χ4v) is 4.18. The Balaban J connectivity index is 1.98. The third-order valence-corrected chi connectivity index (χ3v) is 5.60. The largest absolute Gasteiger partial charge is 0.298 e. The molecule has 2 unspecified atom stereocenters. The molecule has 142 valence electrons. The molecular formula is C24H30N2O. The second-order valence-electron chi connectivity index (χ2n) is 7.74. The molecule has 0 saturated carbocycles. The van der Waals surface area contributed by atoms with Crippen molar-refractivity contribution in [3.63, 3.8) is 0 Å². The Labute approximate surface area is 163 Å². The van der Waals surface area contributed by atoms with Crippen molar-refractivity contribution in [2.75, 3.05) is 19.6 Å². The molecule has 3 heteroatoms. The number of benzene rings is 2. The Morgan fingerprint density at radius 2 is 1.81 bits per heavy atom. The monoisotopic (exact) mass is 362 g/mol. The Morgan fingerprint density at radius 3 is 2.44 bits per heavy atom. The van der Waals surface area contributed by atoms with E-state index in [-0.39, 0.29) is 6.04 Å². The van der Waals surface area contributed by atoms with Crippen molar-refractivity contribution in [3.8, 4) is 0 Å². The Morgan fingerprint density at radius 1 is 1.07 bits per heavy atom. The highest BCUT2D eigenvalue weighted by Crippen LogP contribution is 2.33. The average molecular weight is 363 g/mol. The van der Waals surface area contributed by atoms with E-state index in [1.807, 2.05) is 18.2 Å². The zero-order valence-corrected chi connectivity index (χ0v) is 16.6. The summed E-state index contributed by atoms with van der Waals surface area (Å²) in [5, 5.41) is 0. The Hall–Kier alpha value is -2.23. The summed E-state index contributed by atoms with van der Waals surface area (Å²) in [6.45, 7) is 13.6. The molecule has 1 heterocycles. The number of hydrogen-bond donors (Lipinski definition) is 0. The molecule has 2 aromatic carbocycles. The van der Waals surface area contributed by atoms with E-state index in [2.05, 4.69) is 73.5 Å². The van der Waals surface area contributed by atoms with Crippen molar-refractivity contribution >= 4 is 6.29 Å². The number of carbonyl (C=O) groups is 1. The van der Waals surface area contributed by atoms with Gasteiger partial charge in [0.05, 0.1) is 6.04 Å². The molecule has 0 spiro atoms. The lowest BCUT2D eigenvalue weighted by atomic mass is 9.92. The van der Waals surface area contributed by atoms with Crippen molar-refractivity contribution < 1.29 is 4.79 Å². The first kappa shape index (κ1) is 19.5. The van der Waals surface area contributed by atoms with Gasteiger partial charge in [-0.2, -0.15) is 0 Å². The highest BCUT2D eigenvalue weighted by Gasteiger charge is 2.34. The highest BCUT2D eigenvalue weighted by molar-refractivity contribution is 5.74. The normalized spacial score (nSPS) is 22.3. The second-order valence-corrected chi connectivity index (χ2v) is 7.74. The SMILES string of the molecule is C=CCN1C[C@H](C)N(C(c2ccc(C=O)cc2)c2cccc(C)c2)CC1C. The van der Waals surface area contributed by atoms with Gasteiger partial charge in [0, 0.05) is 37.3 Å². The maximum atomic E-state index is 11.1. The first-order valence-corrected chi connectivity index (χ1v) is 9.76. The summed E-state index contributed by atoms with van der Waals surface area (Å²) in [6.07, 6.45) is 2.90. The number of rotatable bonds is 6.